The van der Waals surface area contributed by atoms with E-state index in [9.17, 15) is 0 Å². The molecule has 6 heteroatoms. The summed E-state index contributed by atoms with van der Waals surface area (Å²) in [5.74, 6) is 1.78. The molecule has 0 aromatic carbocycles. The lowest BCUT2D eigenvalue weighted by Crippen LogP contribution is -2.07. The standard InChI is InChI=1S/C12H15ClN4O/c1-7(2)10-11(13)15-6-16-12(10)14-5-9-4-8(3)18-17-9/h4,6-7H,5H2,1-3H3,(H,14,15,16). The number of nitrogens with one attached hydrogen (secondary N) is 1. The van der Waals surface area contributed by atoms with Crippen molar-refractivity contribution >= 4 is 17.4 Å². The van der Waals surface area contributed by atoms with E-state index in [1.165, 1.54) is 6.33 Å². The normalized spacial score (nSPS) is 10.9. The van der Waals surface area contributed by atoms with E-state index in [0.29, 0.717) is 11.7 Å². The van der Waals surface area contributed by atoms with Crippen molar-refractivity contribution in [2.75, 3.05) is 5.32 Å². The molecule has 2 aromatic rings. The van der Waals surface area contributed by atoms with Crippen LogP contribution in [-0.2, 0) is 6.54 Å². The lowest BCUT2D eigenvalue weighted by Gasteiger charge is -2.13. The molecule has 5 nitrogen and oxygen atoms in total. The first-order valence-electron chi connectivity index (χ1n) is 5.74. The lowest BCUT2D eigenvalue weighted by molar-refractivity contribution is 0.391. The van der Waals surface area contributed by atoms with E-state index in [0.717, 1.165) is 22.8 Å². The molecule has 0 spiro atoms. The van der Waals surface area contributed by atoms with Crippen molar-refractivity contribution in [2.24, 2.45) is 0 Å². The summed E-state index contributed by atoms with van der Waals surface area (Å²) in [6, 6.07) is 1.88. The second-order valence-corrected chi connectivity index (χ2v) is 4.72. The van der Waals surface area contributed by atoms with Crippen LogP contribution in [0.15, 0.2) is 16.9 Å². The highest BCUT2D eigenvalue weighted by Crippen LogP contribution is 2.28. The molecule has 0 aliphatic heterocycles. The predicted octanol–water partition coefficient (Wildman–Crippen LogP) is 3.16. The Hall–Kier alpha value is -1.62. The van der Waals surface area contributed by atoms with Gasteiger partial charge in [-0.3, -0.25) is 0 Å². The molecule has 0 saturated carbocycles. The summed E-state index contributed by atoms with van der Waals surface area (Å²) in [5, 5.41) is 7.61. The second kappa shape index (κ2) is 5.35. The van der Waals surface area contributed by atoms with Gasteiger partial charge in [-0.25, -0.2) is 9.97 Å². The van der Waals surface area contributed by atoms with Crippen LogP contribution in [0, 0.1) is 6.92 Å². The zero-order valence-corrected chi connectivity index (χ0v) is 11.3. The van der Waals surface area contributed by atoms with E-state index in [1.54, 1.807) is 0 Å². The van der Waals surface area contributed by atoms with Crippen LogP contribution in [0.3, 0.4) is 0 Å². The topological polar surface area (TPSA) is 63.8 Å². The van der Waals surface area contributed by atoms with Gasteiger partial charge in [0, 0.05) is 11.6 Å². The Labute approximate surface area is 111 Å². The first-order valence-corrected chi connectivity index (χ1v) is 6.12. The number of halogens is 1. The number of nitrogens with zero attached hydrogens (tertiary/aromatic N) is 3. The molecule has 0 saturated heterocycles. The number of rotatable bonds is 4. The van der Waals surface area contributed by atoms with Crippen LogP contribution < -0.4 is 5.32 Å². The molecular formula is C12H15ClN4O. The lowest BCUT2D eigenvalue weighted by atomic mass is 10.1. The average molecular weight is 267 g/mol. The zero-order valence-electron chi connectivity index (χ0n) is 10.6. The summed E-state index contributed by atoms with van der Waals surface area (Å²) in [5.41, 5.74) is 1.75. The first-order chi connectivity index (χ1) is 8.58. The fourth-order valence-electron chi connectivity index (χ4n) is 1.70. The summed E-state index contributed by atoms with van der Waals surface area (Å²) in [4.78, 5) is 8.22. The van der Waals surface area contributed by atoms with E-state index in [1.807, 2.05) is 13.0 Å². The van der Waals surface area contributed by atoms with Crippen molar-refractivity contribution in [2.45, 2.75) is 33.2 Å². The van der Waals surface area contributed by atoms with Gasteiger partial charge in [0.1, 0.15) is 28.8 Å². The third kappa shape index (κ3) is 2.79. The molecule has 2 rings (SSSR count). The van der Waals surface area contributed by atoms with Gasteiger partial charge >= 0.3 is 0 Å². The van der Waals surface area contributed by atoms with Gasteiger partial charge < -0.3 is 9.84 Å². The van der Waals surface area contributed by atoms with Crippen molar-refractivity contribution < 1.29 is 4.52 Å². The van der Waals surface area contributed by atoms with Crippen molar-refractivity contribution in [3.05, 3.63) is 34.6 Å². The van der Waals surface area contributed by atoms with Crippen molar-refractivity contribution in [3.8, 4) is 0 Å². The predicted molar refractivity (Wildman–Crippen MR) is 69.7 cm³/mol. The summed E-state index contributed by atoms with van der Waals surface area (Å²) in [6.45, 7) is 6.51. The summed E-state index contributed by atoms with van der Waals surface area (Å²) < 4.78 is 5.01. The number of hydrogen-bond donors (Lipinski definition) is 1. The average Bonchev–Trinajstić information content (AvgIpc) is 2.72. The number of aryl methyl sites for hydroxylation is 1. The number of hydrogen-bond acceptors (Lipinski definition) is 5. The fourth-order valence-corrected chi connectivity index (χ4v) is 2.05. The smallest absolute Gasteiger partial charge is 0.138 e. The van der Waals surface area contributed by atoms with Gasteiger partial charge in [0.15, 0.2) is 0 Å². The van der Waals surface area contributed by atoms with Crippen LogP contribution >= 0.6 is 11.6 Å². The minimum Gasteiger partial charge on any atom is -0.364 e. The Kier molecular flexibility index (Phi) is 3.81. The molecule has 0 unspecified atom stereocenters. The zero-order chi connectivity index (χ0) is 13.1. The maximum absolute atomic E-state index is 6.08. The monoisotopic (exact) mass is 266 g/mol. The molecular weight excluding hydrogens is 252 g/mol. The Morgan fingerprint density at radius 1 is 1.39 bits per heavy atom. The van der Waals surface area contributed by atoms with E-state index in [-0.39, 0.29) is 5.92 Å². The van der Waals surface area contributed by atoms with Gasteiger partial charge in [-0.05, 0) is 12.8 Å². The summed E-state index contributed by atoms with van der Waals surface area (Å²) in [7, 11) is 0. The van der Waals surface area contributed by atoms with Crippen LogP contribution in [0.2, 0.25) is 5.15 Å². The quantitative estimate of drug-likeness (QED) is 0.861. The second-order valence-electron chi connectivity index (χ2n) is 4.36. The molecule has 2 aromatic heterocycles. The highest BCUT2D eigenvalue weighted by molar-refractivity contribution is 6.30. The van der Waals surface area contributed by atoms with Crippen molar-refractivity contribution in [1.29, 1.82) is 0 Å². The van der Waals surface area contributed by atoms with Crippen molar-refractivity contribution in [1.82, 2.24) is 15.1 Å². The van der Waals surface area contributed by atoms with Gasteiger partial charge in [0.2, 0.25) is 0 Å². The van der Waals surface area contributed by atoms with E-state index in [2.05, 4.69) is 34.3 Å². The minimum absolute atomic E-state index is 0.250. The molecule has 0 aliphatic rings. The summed E-state index contributed by atoms with van der Waals surface area (Å²) >= 11 is 6.08. The van der Waals surface area contributed by atoms with E-state index < -0.39 is 0 Å². The SMILES string of the molecule is Cc1cc(CNc2ncnc(Cl)c2C(C)C)no1. The van der Waals surface area contributed by atoms with Gasteiger partial charge in [0.05, 0.1) is 6.54 Å². The van der Waals surface area contributed by atoms with Crippen LogP contribution in [-0.4, -0.2) is 15.1 Å². The van der Waals surface area contributed by atoms with Crippen LogP contribution in [0.1, 0.15) is 36.8 Å². The molecule has 0 fully saturated rings. The molecule has 18 heavy (non-hydrogen) atoms. The van der Waals surface area contributed by atoms with E-state index >= 15 is 0 Å². The molecule has 0 aliphatic carbocycles. The van der Waals surface area contributed by atoms with Crippen LogP contribution in [0.25, 0.3) is 0 Å². The maximum atomic E-state index is 6.08. The van der Waals surface area contributed by atoms with Gasteiger partial charge in [-0.1, -0.05) is 30.6 Å². The minimum atomic E-state index is 0.250. The van der Waals surface area contributed by atoms with Gasteiger partial charge in [0.25, 0.3) is 0 Å². The van der Waals surface area contributed by atoms with Gasteiger partial charge in [-0.15, -0.1) is 0 Å². The van der Waals surface area contributed by atoms with Crippen LogP contribution in [0.5, 0.6) is 0 Å². The third-order valence-corrected chi connectivity index (χ3v) is 2.83. The molecule has 0 amide bonds. The number of aromatic nitrogens is 3. The molecule has 96 valence electrons. The largest absolute Gasteiger partial charge is 0.364 e. The summed E-state index contributed by atoms with van der Waals surface area (Å²) in [6.07, 6.45) is 1.45. The molecule has 0 radical (unpaired) electrons. The Morgan fingerprint density at radius 3 is 2.78 bits per heavy atom. The molecule has 0 bridgehead atoms. The third-order valence-electron chi connectivity index (χ3n) is 2.53. The van der Waals surface area contributed by atoms with Gasteiger partial charge in [-0.2, -0.15) is 0 Å². The highest BCUT2D eigenvalue weighted by Gasteiger charge is 2.13. The molecule has 2 heterocycles. The fraction of sp³-hybridized carbons (Fsp3) is 0.417. The Bertz CT molecular complexity index is 539. The van der Waals surface area contributed by atoms with E-state index in [4.69, 9.17) is 16.1 Å². The highest BCUT2D eigenvalue weighted by atomic mass is 35.5. The van der Waals surface area contributed by atoms with Crippen LogP contribution in [0.4, 0.5) is 5.82 Å². The van der Waals surface area contributed by atoms with Crippen molar-refractivity contribution in [3.63, 3.8) is 0 Å². The maximum Gasteiger partial charge on any atom is 0.138 e. The first kappa shape index (κ1) is 12.8. The Morgan fingerprint density at radius 2 is 2.17 bits per heavy atom. The molecule has 0 atom stereocenters. The number of anilines is 1. The Balaban J connectivity index is 2.16. The molecule has 1 N–H and O–H groups in total.